The maximum Gasteiger partial charge on any atom is 0.335 e. The molecule has 1 aliphatic rings. The van der Waals surface area contributed by atoms with Crippen molar-refractivity contribution in [3.05, 3.63) is 57.6 Å². The van der Waals surface area contributed by atoms with Crippen molar-refractivity contribution < 1.29 is 23.9 Å². The van der Waals surface area contributed by atoms with Crippen LogP contribution in [0.15, 0.2) is 46.4 Å². The Bertz CT molecular complexity index is 1060. The number of carbonyl (C=O) groups excluding carboxylic acids is 3. The lowest BCUT2D eigenvalue weighted by Crippen LogP contribution is -2.54. The molecular weight excluding hydrogens is 464 g/mol. The molecule has 1 aliphatic heterocycles. The van der Waals surface area contributed by atoms with Crippen LogP contribution in [-0.2, 0) is 9.59 Å². The summed E-state index contributed by atoms with van der Waals surface area (Å²) in [5, 5.41) is 2.22. The molecule has 0 unspecified atom stereocenters. The van der Waals surface area contributed by atoms with Crippen LogP contribution in [0.1, 0.15) is 31.4 Å². The van der Waals surface area contributed by atoms with Crippen LogP contribution in [0.2, 0.25) is 0 Å². The van der Waals surface area contributed by atoms with E-state index in [9.17, 15) is 14.4 Å². The predicted octanol–water partition coefficient (Wildman–Crippen LogP) is 4.61. The van der Waals surface area contributed by atoms with E-state index in [4.69, 9.17) is 9.47 Å². The van der Waals surface area contributed by atoms with Gasteiger partial charge in [-0.05, 0) is 56.2 Å². The third-order valence-corrected chi connectivity index (χ3v) is 5.57. The number of methoxy groups -OCH3 is 1. The van der Waals surface area contributed by atoms with Crippen LogP contribution in [0.4, 0.5) is 10.5 Å². The zero-order valence-corrected chi connectivity index (χ0v) is 19.3. The maximum absolute atomic E-state index is 13.1. The summed E-state index contributed by atoms with van der Waals surface area (Å²) >= 11 is 3.47. The summed E-state index contributed by atoms with van der Waals surface area (Å²) in [6.45, 7) is 5.86. The average Bonchev–Trinajstić information content (AvgIpc) is 2.73. The standard InChI is InChI=1S/C23H23BrN2O5/c1-5-14(3)31-20-12-18(24)15(11-19(20)30-4)10-17-21(27)25-23(29)26(22(17)28)16-8-6-13(2)7-9-16/h6-12,14H,5H2,1-4H3,(H,25,27,29)/b17-10+/t14-/m0/s1. The molecule has 4 amide bonds. The van der Waals surface area contributed by atoms with Crippen molar-refractivity contribution in [1.82, 2.24) is 5.32 Å². The minimum atomic E-state index is -0.787. The summed E-state index contributed by atoms with van der Waals surface area (Å²) < 4.78 is 11.9. The Kier molecular flexibility index (Phi) is 6.80. The zero-order valence-electron chi connectivity index (χ0n) is 17.7. The number of nitrogens with one attached hydrogen (secondary N) is 1. The van der Waals surface area contributed by atoms with Gasteiger partial charge < -0.3 is 9.47 Å². The third kappa shape index (κ3) is 4.80. The Labute approximate surface area is 189 Å². The van der Waals surface area contributed by atoms with Crippen molar-refractivity contribution in [2.45, 2.75) is 33.3 Å². The van der Waals surface area contributed by atoms with Gasteiger partial charge in [0.2, 0.25) is 0 Å². The van der Waals surface area contributed by atoms with E-state index in [1.165, 1.54) is 13.2 Å². The second kappa shape index (κ2) is 9.34. The number of rotatable bonds is 6. The van der Waals surface area contributed by atoms with Gasteiger partial charge in [0.15, 0.2) is 11.5 Å². The van der Waals surface area contributed by atoms with Crippen LogP contribution >= 0.6 is 15.9 Å². The first-order chi connectivity index (χ1) is 14.7. The van der Waals surface area contributed by atoms with Gasteiger partial charge >= 0.3 is 6.03 Å². The summed E-state index contributed by atoms with van der Waals surface area (Å²) in [4.78, 5) is 38.8. The van der Waals surface area contributed by atoms with Gasteiger partial charge in [0, 0.05) is 4.47 Å². The van der Waals surface area contributed by atoms with Gasteiger partial charge in [-0.2, -0.15) is 0 Å². The predicted molar refractivity (Wildman–Crippen MR) is 121 cm³/mol. The third-order valence-electron chi connectivity index (χ3n) is 4.88. The Hall–Kier alpha value is -3.13. The van der Waals surface area contributed by atoms with Crippen molar-refractivity contribution >= 4 is 45.5 Å². The zero-order chi connectivity index (χ0) is 22.7. The minimum absolute atomic E-state index is 0.00946. The quantitative estimate of drug-likeness (QED) is 0.475. The van der Waals surface area contributed by atoms with Crippen molar-refractivity contribution in [1.29, 1.82) is 0 Å². The number of anilines is 1. The molecule has 1 heterocycles. The number of barbiturate groups is 1. The monoisotopic (exact) mass is 486 g/mol. The van der Waals surface area contributed by atoms with E-state index >= 15 is 0 Å². The Morgan fingerprint density at radius 1 is 1.13 bits per heavy atom. The van der Waals surface area contributed by atoms with E-state index in [1.807, 2.05) is 20.8 Å². The lowest BCUT2D eigenvalue weighted by Gasteiger charge is -2.26. The molecule has 1 fully saturated rings. The summed E-state index contributed by atoms with van der Waals surface area (Å²) in [7, 11) is 1.51. The molecule has 3 rings (SSSR count). The van der Waals surface area contributed by atoms with Crippen LogP contribution in [0.5, 0.6) is 11.5 Å². The molecule has 162 valence electrons. The molecule has 0 saturated carbocycles. The van der Waals surface area contributed by atoms with E-state index in [0.29, 0.717) is 27.2 Å². The smallest absolute Gasteiger partial charge is 0.335 e. The van der Waals surface area contributed by atoms with E-state index in [1.54, 1.807) is 36.4 Å². The van der Waals surface area contributed by atoms with Crippen LogP contribution in [0.25, 0.3) is 6.08 Å². The van der Waals surface area contributed by atoms with Crippen molar-refractivity contribution in [2.24, 2.45) is 0 Å². The first-order valence-electron chi connectivity index (χ1n) is 9.77. The summed E-state index contributed by atoms with van der Waals surface area (Å²) in [6.07, 6.45) is 2.24. The highest BCUT2D eigenvalue weighted by atomic mass is 79.9. The van der Waals surface area contributed by atoms with E-state index in [-0.39, 0.29) is 11.7 Å². The molecule has 1 atom stereocenters. The van der Waals surface area contributed by atoms with Crippen LogP contribution in [0.3, 0.4) is 0 Å². The number of urea groups is 1. The molecule has 8 heteroatoms. The van der Waals surface area contributed by atoms with Crippen molar-refractivity contribution in [3.63, 3.8) is 0 Å². The lowest BCUT2D eigenvalue weighted by molar-refractivity contribution is -0.122. The molecule has 0 aromatic heterocycles. The number of ether oxygens (including phenoxy) is 2. The van der Waals surface area contributed by atoms with E-state index in [2.05, 4.69) is 21.2 Å². The molecule has 2 aromatic carbocycles. The second-order valence-electron chi connectivity index (χ2n) is 7.15. The normalized spacial score (nSPS) is 16.4. The molecule has 2 aromatic rings. The Balaban J connectivity index is 2.01. The molecule has 7 nitrogen and oxygen atoms in total. The highest BCUT2D eigenvalue weighted by molar-refractivity contribution is 9.10. The van der Waals surface area contributed by atoms with Gasteiger partial charge in [-0.15, -0.1) is 0 Å². The van der Waals surface area contributed by atoms with E-state index in [0.717, 1.165) is 16.9 Å². The van der Waals surface area contributed by atoms with Gasteiger partial charge in [0.05, 0.1) is 18.9 Å². The van der Waals surface area contributed by atoms with Gasteiger partial charge in [0.25, 0.3) is 11.8 Å². The number of amides is 4. The van der Waals surface area contributed by atoms with Crippen molar-refractivity contribution in [3.8, 4) is 11.5 Å². The molecule has 0 spiro atoms. The fourth-order valence-electron chi connectivity index (χ4n) is 2.95. The molecular formula is C23H23BrN2O5. The molecule has 0 radical (unpaired) electrons. The number of hydrogen-bond acceptors (Lipinski definition) is 5. The first-order valence-corrected chi connectivity index (χ1v) is 10.6. The summed E-state index contributed by atoms with van der Waals surface area (Å²) in [5.74, 6) is -0.459. The van der Waals surface area contributed by atoms with Crippen molar-refractivity contribution in [2.75, 3.05) is 12.0 Å². The number of hydrogen-bond donors (Lipinski definition) is 1. The van der Waals surface area contributed by atoms with Gasteiger partial charge in [0.1, 0.15) is 5.57 Å². The highest BCUT2D eigenvalue weighted by Crippen LogP contribution is 2.36. The van der Waals surface area contributed by atoms with Crippen LogP contribution < -0.4 is 19.7 Å². The highest BCUT2D eigenvalue weighted by Gasteiger charge is 2.37. The second-order valence-corrected chi connectivity index (χ2v) is 8.01. The molecule has 1 N–H and O–H groups in total. The van der Waals surface area contributed by atoms with Crippen LogP contribution in [0, 0.1) is 6.92 Å². The molecule has 0 aliphatic carbocycles. The number of carbonyl (C=O) groups is 3. The molecule has 31 heavy (non-hydrogen) atoms. The number of aryl methyl sites for hydroxylation is 1. The largest absolute Gasteiger partial charge is 0.493 e. The number of imide groups is 2. The lowest BCUT2D eigenvalue weighted by atomic mass is 10.1. The first kappa shape index (κ1) is 22.6. The summed E-state index contributed by atoms with van der Waals surface area (Å²) in [6, 6.07) is 9.48. The topological polar surface area (TPSA) is 84.9 Å². The number of halogens is 1. The van der Waals surface area contributed by atoms with Gasteiger partial charge in [-0.3, -0.25) is 14.9 Å². The van der Waals surface area contributed by atoms with Crippen LogP contribution in [-0.4, -0.2) is 31.1 Å². The fraction of sp³-hybridized carbons (Fsp3) is 0.261. The average molecular weight is 487 g/mol. The molecule has 0 bridgehead atoms. The maximum atomic E-state index is 13.1. The number of benzene rings is 2. The van der Waals surface area contributed by atoms with E-state index < -0.39 is 17.8 Å². The van der Waals surface area contributed by atoms with Gasteiger partial charge in [-0.25, -0.2) is 9.69 Å². The number of nitrogens with zero attached hydrogens (tertiary/aromatic N) is 1. The fourth-order valence-corrected chi connectivity index (χ4v) is 3.39. The SMILES string of the molecule is CC[C@H](C)Oc1cc(Br)c(/C=C2\C(=O)NC(=O)N(c3ccc(C)cc3)C2=O)cc1OC. The Morgan fingerprint density at radius 3 is 2.42 bits per heavy atom. The molecule has 1 saturated heterocycles. The van der Waals surface area contributed by atoms with Gasteiger partial charge in [-0.1, -0.05) is 40.5 Å². The minimum Gasteiger partial charge on any atom is -0.493 e. The summed E-state index contributed by atoms with van der Waals surface area (Å²) in [5.41, 5.74) is 1.72. The Morgan fingerprint density at radius 2 is 1.81 bits per heavy atom.